The fourth-order valence-electron chi connectivity index (χ4n) is 4.19. The van der Waals surface area contributed by atoms with Crippen molar-refractivity contribution in [2.45, 2.75) is 32.3 Å². The minimum absolute atomic E-state index is 0.0543. The highest BCUT2D eigenvalue weighted by Gasteiger charge is 2.26. The summed E-state index contributed by atoms with van der Waals surface area (Å²) in [4.78, 5) is 27.3. The largest absolute Gasteiger partial charge is 0.385 e. The van der Waals surface area contributed by atoms with Crippen LogP contribution < -0.4 is 0 Å². The number of carbonyl (C=O) groups is 1. The van der Waals surface area contributed by atoms with E-state index in [0.717, 1.165) is 22.4 Å². The molecule has 0 radical (unpaired) electrons. The molecule has 3 heterocycles. The Morgan fingerprint density at radius 2 is 1.92 bits per heavy atom. The summed E-state index contributed by atoms with van der Waals surface area (Å²) in [5.74, 6) is -0.393. The van der Waals surface area contributed by atoms with Crippen LogP contribution in [0.5, 0.6) is 0 Å². The van der Waals surface area contributed by atoms with E-state index in [1.54, 1.807) is 36.7 Å². The Bertz CT molecular complexity index is 1440. The van der Waals surface area contributed by atoms with Crippen LogP contribution >= 0.6 is 11.6 Å². The number of pyridine rings is 2. The van der Waals surface area contributed by atoms with Crippen molar-refractivity contribution < 1.29 is 14.0 Å². The lowest BCUT2D eigenvalue weighted by molar-refractivity contribution is 0.0826. The fraction of sp³-hybridized carbons (Fsp3) is 0.172. The summed E-state index contributed by atoms with van der Waals surface area (Å²) >= 11 is 5.86. The predicted octanol–water partition coefficient (Wildman–Crippen LogP) is 6.93. The van der Waals surface area contributed by atoms with Crippen LogP contribution in [0.15, 0.2) is 84.3 Å². The monoisotopic (exact) mass is 499 g/mol. The molecule has 7 heteroatoms. The van der Waals surface area contributed by atoms with Gasteiger partial charge < -0.3 is 4.84 Å². The van der Waals surface area contributed by atoms with Gasteiger partial charge in [-0.05, 0) is 72.5 Å². The number of hydrogen-bond acceptors (Lipinski definition) is 5. The molecule has 36 heavy (non-hydrogen) atoms. The van der Waals surface area contributed by atoms with Crippen LogP contribution in [0.2, 0.25) is 5.15 Å². The third-order valence-corrected chi connectivity index (χ3v) is 6.36. The fourth-order valence-corrected chi connectivity index (χ4v) is 4.31. The van der Waals surface area contributed by atoms with E-state index in [2.05, 4.69) is 15.1 Å². The van der Waals surface area contributed by atoms with Crippen LogP contribution in [0, 0.1) is 12.7 Å². The Morgan fingerprint density at radius 3 is 2.67 bits per heavy atom. The smallest absolute Gasteiger partial charge is 0.174 e. The van der Waals surface area contributed by atoms with Crippen LogP contribution in [0.3, 0.4) is 0 Å². The molecule has 180 valence electrons. The highest BCUT2D eigenvalue weighted by atomic mass is 35.5. The summed E-state index contributed by atoms with van der Waals surface area (Å²) in [6.45, 7) is 1.84. The number of rotatable bonds is 7. The molecule has 2 aromatic carbocycles. The Kier molecular flexibility index (Phi) is 6.87. The van der Waals surface area contributed by atoms with Crippen LogP contribution in [0.4, 0.5) is 4.39 Å². The lowest BCUT2D eigenvalue weighted by Gasteiger charge is -2.11. The average molecular weight is 500 g/mol. The summed E-state index contributed by atoms with van der Waals surface area (Å²) in [5, 5.41) is 4.70. The maximum Gasteiger partial charge on any atom is 0.174 e. The summed E-state index contributed by atoms with van der Waals surface area (Å²) < 4.78 is 14.9. The van der Waals surface area contributed by atoms with E-state index < -0.39 is 0 Å². The molecule has 1 atom stereocenters. The van der Waals surface area contributed by atoms with Crippen molar-refractivity contribution in [2.24, 2.45) is 5.16 Å². The Morgan fingerprint density at radius 1 is 1.06 bits per heavy atom. The van der Waals surface area contributed by atoms with Gasteiger partial charge in [0.15, 0.2) is 11.9 Å². The molecule has 5 nitrogen and oxygen atoms in total. The van der Waals surface area contributed by atoms with Gasteiger partial charge in [-0.3, -0.25) is 9.78 Å². The SMILES string of the molecule is Cc1ccc(-c2cc(C(=O)CCc3ccc(Cl)nc3)cc(C3=NOC(c4ccccn4)C3)c2)c(F)c1. The van der Waals surface area contributed by atoms with Crippen molar-refractivity contribution in [3.05, 3.63) is 118 Å². The van der Waals surface area contributed by atoms with E-state index >= 15 is 0 Å². The number of benzene rings is 2. The molecule has 2 aromatic heterocycles. The Hall–Kier alpha value is -3.90. The average Bonchev–Trinajstić information content (AvgIpc) is 3.39. The van der Waals surface area contributed by atoms with Gasteiger partial charge in [0.25, 0.3) is 0 Å². The molecule has 1 unspecified atom stereocenters. The molecule has 1 aliphatic heterocycles. The summed E-state index contributed by atoms with van der Waals surface area (Å²) in [6.07, 6.45) is 4.37. The number of oxime groups is 1. The summed E-state index contributed by atoms with van der Waals surface area (Å²) in [7, 11) is 0. The van der Waals surface area contributed by atoms with E-state index in [1.807, 2.05) is 43.3 Å². The van der Waals surface area contributed by atoms with Gasteiger partial charge in [-0.15, -0.1) is 0 Å². The van der Waals surface area contributed by atoms with E-state index in [9.17, 15) is 9.18 Å². The first-order valence-electron chi connectivity index (χ1n) is 11.7. The minimum atomic E-state index is -0.339. The van der Waals surface area contributed by atoms with Crippen molar-refractivity contribution >= 4 is 23.1 Å². The zero-order valence-electron chi connectivity index (χ0n) is 19.6. The number of aromatic nitrogens is 2. The molecule has 4 aromatic rings. The zero-order chi connectivity index (χ0) is 25.1. The topological polar surface area (TPSA) is 64.4 Å². The van der Waals surface area contributed by atoms with Gasteiger partial charge in [-0.1, -0.05) is 41.0 Å². The number of aryl methyl sites for hydroxylation is 2. The number of ketones is 1. The van der Waals surface area contributed by atoms with Gasteiger partial charge in [0.05, 0.1) is 11.4 Å². The second-order valence-corrected chi connectivity index (χ2v) is 9.17. The van der Waals surface area contributed by atoms with Crippen molar-refractivity contribution in [3.8, 4) is 11.1 Å². The second-order valence-electron chi connectivity index (χ2n) is 8.79. The number of halogens is 2. The number of hydrogen-bond donors (Lipinski definition) is 0. The zero-order valence-corrected chi connectivity index (χ0v) is 20.4. The third kappa shape index (κ3) is 5.34. The van der Waals surface area contributed by atoms with Gasteiger partial charge in [-0.2, -0.15) is 0 Å². The lowest BCUT2D eigenvalue weighted by atomic mass is 9.92. The molecule has 0 amide bonds. The molecule has 0 saturated heterocycles. The van der Waals surface area contributed by atoms with Crippen LogP contribution in [-0.4, -0.2) is 21.5 Å². The minimum Gasteiger partial charge on any atom is -0.385 e. The maximum atomic E-state index is 14.9. The van der Waals surface area contributed by atoms with Gasteiger partial charge in [-0.25, -0.2) is 9.37 Å². The van der Waals surface area contributed by atoms with E-state index in [4.69, 9.17) is 16.4 Å². The van der Waals surface area contributed by atoms with Crippen molar-refractivity contribution in [3.63, 3.8) is 0 Å². The Labute approximate surface area is 213 Å². The van der Waals surface area contributed by atoms with Crippen LogP contribution in [0.25, 0.3) is 11.1 Å². The molecule has 0 spiro atoms. The normalized spacial score (nSPS) is 14.9. The molecule has 0 N–H and O–H groups in total. The van der Waals surface area contributed by atoms with Crippen molar-refractivity contribution in [1.82, 2.24) is 9.97 Å². The summed E-state index contributed by atoms with van der Waals surface area (Å²) in [6, 6.07) is 19.7. The van der Waals surface area contributed by atoms with Crippen molar-refractivity contribution in [1.29, 1.82) is 0 Å². The molecule has 0 saturated carbocycles. The summed E-state index contributed by atoms with van der Waals surface area (Å²) in [5.41, 5.74) is 5.48. The number of Topliss-reactive ketones (excluding diaryl/α,β-unsaturated/α-hetero) is 1. The van der Waals surface area contributed by atoms with Gasteiger partial charge in [0.1, 0.15) is 11.0 Å². The highest BCUT2D eigenvalue weighted by Crippen LogP contribution is 2.32. The quantitative estimate of drug-likeness (QED) is 0.204. The molecular weight excluding hydrogens is 477 g/mol. The molecule has 0 bridgehead atoms. The molecule has 1 aliphatic rings. The first-order valence-corrected chi connectivity index (χ1v) is 12.0. The molecule has 0 fully saturated rings. The van der Waals surface area contributed by atoms with Crippen molar-refractivity contribution in [2.75, 3.05) is 0 Å². The predicted molar refractivity (Wildman–Crippen MR) is 138 cm³/mol. The Balaban J connectivity index is 1.46. The molecular formula is C29H23ClFN3O2. The van der Waals surface area contributed by atoms with Gasteiger partial charge >= 0.3 is 0 Å². The van der Waals surface area contributed by atoms with Crippen LogP contribution in [-0.2, 0) is 11.3 Å². The maximum absolute atomic E-state index is 14.9. The molecule has 0 aliphatic carbocycles. The first kappa shape index (κ1) is 23.8. The second kappa shape index (κ2) is 10.4. The van der Waals surface area contributed by atoms with E-state index in [-0.39, 0.29) is 24.1 Å². The first-order chi connectivity index (χ1) is 17.5. The lowest BCUT2D eigenvalue weighted by Crippen LogP contribution is -2.07. The van der Waals surface area contributed by atoms with E-state index in [1.165, 1.54) is 6.07 Å². The van der Waals surface area contributed by atoms with Gasteiger partial charge in [0, 0.05) is 41.9 Å². The number of nitrogens with zero attached hydrogens (tertiary/aromatic N) is 3. The van der Waals surface area contributed by atoms with Crippen LogP contribution in [0.1, 0.15) is 51.7 Å². The van der Waals surface area contributed by atoms with E-state index in [0.29, 0.717) is 40.4 Å². The highest BCUT2D eigenvalue weighted by molar-refractivity contribution is 6.29. The van der Waals surface area contributed by atoms with Gasteiger partial charge in [0.2, 0.25) is 0 Å². The molecule has 5 rings (SSSR count). The standard InChI is InChI=1S/C29H23ClFN3O2/c1-18-5-8-23(24(31)12-18)20-13-21(26-16-28(36-34-26)25-4-2-3-11-32-25)15-22(14-20)27(35)9-6-19-7-10-29(30)33-17-19/h2-5,7-8,10-15,17,28H,6,9,16H2,1H3. The number of carbonyl (C=O) groups excluding carboxylic acids is 1. The third-order valence-electron chi connectivity index (χ3n) is 6.14.